The van der Waals surface area contributed by atoms with Crippen LogP contribution in [-0.2, 0) is 19.1 Å². The zero-order chi connectivity index (χ0) is 11.2. The molecule has 5 nitrogen and oxygen atoms in total. The maximum Gasteiger partial charge on any atom is 0.325 e. The van der Waals surface area contributed by atoms with Gasteiger partial charge in [0.1, 0.15) is 0 Å². The molecule has 0 bridgehead atoms. The van der Waals surface area contributed by atoms with Crippen LogP contribution in [0.15, 0.2) is 0 Å². The van der Waals surface area contributed by atoms with Gasteiger partial charge < -0.3 is 9.47 Å². The Morgan fingerprint density at radius 3 is 2.29 bits per heavy atom. The molecule has 0 aliphatic carbocycles. The van der Waals surface area contributed by atoms with Gasteiger partial charge in [0.05, 0.1) is 20.3 Å². The molecule has 0 heterocycles. The Morgan fingerprint density at radius 2 is 1.93 bits per heavy atom. The molecule has 0 aromatic carbocycles. The Hall–Kier alpha value is -1.57. The molecule has 0 aromatic heterocycles. The van der Waals surface area contributed by atoms with E-state index in [1.54, 1.807) is 0 Å². The topological polar surface area (TPSA) is 76.4 Å². The summed E-state index contributed by atoms with van der Waals surface area (Å²) in [6, 6.07) is 1.83. The normalized spacial score (nSPS) is 13.6. The number of hydrogen-bond donors (Lipinski definition) is 0. The number of rotatable bonds is 4. The van der Waals surface area contributed by atoms with Crippen molar-refractivity contribution in [2.45, 2.75) is 19.8 Å². The summed E-state index contributed by atoms with van der Waals surface area (Å²) in [5.74, 6) is -1.08. The minimum atomic E-state index is -1.27. The van der Waals surface area contributed by atoms with Crippen LogP contribution in [0.4, 0.5) is 0 Å². The van der Waals surface area contributed by atoms with Gasteiger partial charge in [0.15, 0.2) is 5.41 Å². The van der Waals surface area contributed by atoms with E-state index < -0.39 is 17.4 Å². The summed E-state index contributed by atoms with van der Waals surface area (Å²) in [5, 5.41) is 8.77. The highest BCUT2D eigenvalue weighted by molar-refractivity contribution is 5.80. The molecule has 0 unspecified atom stereocenters. The molecule has 0 N–H and O–H groups in total. The quantitative estimate of drug-likeness (QED) is 0.621. The minimum absolute atomic E-state index is 0.0235. The average molecular weight is 199 g/mol. The highest BCUT2D eigenvalue weighted by Crippen LogP contribution is 2.23. The van der Waals surface area contributed by atoms with Crippen molar-refractivity contribution in [3.63, 3.8) is 0 Å². The van der Waals surface area contributed by atoms with E-state index in [1.165, 1.54) is 21.1 Å². The van der Waals surface area contributed by atoms with Gasteiger partial charge in [-0.3, -0.25) is 9.59 Å². The molecule has 0 aliphatic rings. The first-order valence-corrected chi connectivity index (χ1v) is 4.06. The van der Waals surface area contributed by atoms with Crippen LogP contribution in [0, 0.1) is 16.7 Å². The molecule has 0 aromatic rings. The second-order valence-corrected chi connectivity index (χ2v) is 3.01. The van der Waals surface area contributed by atoms with Gasteiger partial charge in [-0.05, 0) is 13.3 Å². The van der Waals surface area contributed by atoms with Crippen LogP contribution in [0.5, 0.6) is 0 Å². The first-order chi connectivity index (χ1) is 6.50. The maximum atomic E-state index is 11.2. The van der Waals surface area contributed by atoms with E-state index in [0.717, 1.165) is 0 Å². The fourth-order valence-corrected chi connectivity index (χ4v) is 0.883. The van der Waals surface area contributed by atoms with Crippen molar-refractivity contribution in [2.24, 2.45) is 5.41 Å². The summed E-state index contributed by atoms with van der Waals surface area (Å²) in [4.78, 5) is 22.0. The van der Waals surface area contributed by atoms with Crippen molar-refractivity contribution in [3.05, 3.63) is 0 Å². The fourth-order valence-electron chi connectivity index (χ4n) is 0.883. The third-order valence-electron chi connectivity index (χ3n) is 1.94. The molecular formula is C9H13NO4. The van der Waals surface area contributed by atoms with Gasteiger partial charge in [-0.15, -0.1) is 0 Å². The smallest absolute Gasteiger partial charge is 0.325 e. The summed E-state index contributed by atoms with van der Waals surface area (Å²) < 4.78 is 8.86. The Morgan fingerprint density at radius 1 is 1.36 bits per heavy atom. The van der Waals surface area contributed by atoms with Crippen LogP contribution in [0.3, 0.4) is 0 Å². The lowest BCUT2D eigenvalue weighted by atomic mass is 9.87. The molecule has 78 valence electrons. The Labute approximate surface area is 82.6 Å². The molecule has 0 rings (SSSR count). The Balaban J connectivity index is 4.36. The van der Waals surface area contributed by atoms with E-state index in [0.29, 0.717) is 0 Å². The lowest BCUT2D eigenvalue weighted by Gasteiger charge is -2.17. The van der Waals surface area contributed by atoms with E-state index in [9.17, 15) is 9.59 Å². The molecule has 0 saturated carbocycles. The number of hydrogen-bond acceptors (Lipinski definition) is 5. The van der Waals surface area contributed by atoms with Gasteiger partial charge in [-0.2, -0.15) is 5.26 Å². The molecule has 0 amide bonds. The van der Waals surface area contributed by atoms with E-state index in [1.807, 2.05) is 6.07 Å². The predicted molar refractivity (Wildman–Crippen MR) is 47.0 cm³/mol. The van der Waals surface area contributed by atoms with Crippen molar-refractivity contribution in [3.8, 4) is 6.07 Å². The van der Waals surface area contributed by atoms with Gasteiger partial charge in [0, 0.05) is 6.42 Å². The Kier molecular flexibility index (Phi) is 4.64. The summed E-state index contributed by atoms with van der Waals surface area (Å²) in [7, 11) is 2.46. The average Bonchev–Trinajstić information content (AvgIpc) is 2.23. The third kappa shape index (κ3) is 3.05. The number of nitrogens with zero attached hydrogens (tertiary/aromatic N) is 1. The molecule has 0 fully saturated rings. The van der Waals surface area contributed by atoms with Crippen molar-refractivity contribution in [1.82, 2.24) is 0 Å². The third-order valence-corrected chi connectivity index (χ3v) is 1.94. The number of carbonyl (C=O) groups excluding carboxylic acids is 2. The summed E-state index contributed by atoms with van der Waals surface area (Å²) >= 11 is 0. The highest BCUT2D eigenvalue weighted by atomic mass is 16.5. The fraction of sp³-hybridized carbons (Fsp3) is 0.667. The first kappa shape index (κ1) is 12.4. The van der Waals surface area contributed by atoms with Gasteiger partial charge in [0.2, 0.25) is 0 Å². The molecule has 1 atom stereocenters. The Bertz CT molecular complexity index is 268. The first-order valence-electron chi connectivity index (χ1n) is 4.06. The number of ether oxygens (including phenoxy) is 2. The zero-order valence-electron chi connectivity index (χ0n) is 8.49. The summed E-state index contributed by atoms with van der Waals surface area (Å²) in [6.07, 6.45) is 0.124. The zero-order valence-corrected chi connectivity index (χ0v) is 8.49. The second-order valence-electron chi connectivity index (χ2n) is 3.01. The highest BCUT2D eigenvalue weighted by Gasteiger charge is 2.34. The van der Waals surface area contributed by atoms with Crippen molar-refractivity contribution in [1.29, 1.82) is 5.26 Å². The predicted octanol–water partition coefficient (Wildman–Crippen LogP) is 0.642. The summed E-state index contributed by atoms with van der Waals surface area (Å²) in [5.41, 5.74) is -1.27. The standard InChI is InChI=1S/C9H13NO4/c1-9(6-10,8(12)14-3)5-4-7(11)13-2/h4-5H2,1-3H3/t9-/m0/s1. The second kappa shape index (κ2) is 5.22. The van der Waals surface area contributed by atoms with E-state index >= 15 is 0 Å². The van der Waals surface area contributed by atoms with Crippen LogP contribution in [0.2, 0.25) is 0 Å². The van der Waals surface area contributed by atoms with Gasteiger partial charge in [0.25, 0.3) is 0 Å². The lowest BCUT2D eigenvalue weighted by molar-refractivity contribution is -0.149. The molecule has 5 heteroatoms. The van der Waals surface area contributed by atoms with Crippen molar-refractivity contribution in [2.75, 3.05) is 14.2 Å². The van der Waals surface area contributed by atoms with Gasteiger partial charge in [-0.1, -0.05) is 0 Å². The SMILES string of the molecule is COC(=O)CC[C@@](C)(C#N)C(=O)OC. The van der Waals surface area contributed by atoms with Crippen LogP contribution >= 0.6 is 0 Å². The molecule has 0 aliphatic heterocycles. The molecular weight excluding hydrogens is 186 g/mol. The van der Waals surface area contributed by atoms with E-state index in [2.05, 4.69) is 9.47 Å². The maximum absolute atomic E-state index is 11.2. The molecule has 0 spiro atoms. The van der Waals surface area contributed by atoms with Crippen LogP contribution in [0.25, 0.3) is 0 Å². The molecule has 0 saturated heterocycles. The largest absolute Gasteiger partial charge is 0.469 e. The minimum Gasteiger partial charge on any atom is -0.469 e. The number of nitriles is 1. The number of methoxy groups -OCH3 is 2. The monoisotopic (exact) mass is 199 g/mol. The van der Waals surface area contributed by atoms with Crippen molar-refractivity contribution < 1.29 is 19.1 Å². The van der Waals surface area contributed by atoms with Gasteiger partial charge in [-0.25, -0.2) is 0 Å². The van der Waals surface area contributed by atoms with Crippen LogP contribution in [-0.4, -0.2) is 26.2 Å². The molecule has 0 radical (unpaired) electrons. The van der Waals surface area contributed by atoms with Crippen LogP contribution < -0.4 is 0 Å². The number of esters is 2. The van der Waals surface area contributed by atoms with Gasteiger partial charge >= 0.3 is 11.9 Å². The number of carbonyl (C=O) groups is 2. The van der Waals surface area contributed by atoms with Crippen LogP contribution in [0.1, 0.15) is 19.8 Å². The van der Waals surface area contributed by atoms with E-state index in [4.69, 9.17) is 5.26 Å². The lowest BCUT2D eigenvalue weighted by Crippen LogP contribution is -2.28. The van der Waals surface area contributed by atoms with E-state index in [-0.39, 0.29) is 12.8 Å². The summed E-state index contributed by atoms with van der Waals surface area (Å²) in [6.45, 7) is 1.43. The van der Waals surface area contributed by atoms with Crippen molar-refractivity contribution >= 4 is 11.9 Å². The molecule has 14 heavy (non-hydrogen) atoms.